The summed E-state index contributed by atoms with van der Waals surface area (Å²) >= 11 is 0. The van der Waals surface area contributed by atoms with Crippen LogP contribution in [0, 0.1) is 0 Å². The largest absolute Gasteiger partial charge is 0.485 e. The number of pyridine rings is 2. The Bertz CT molecular complexity index is 1110. The van der Waals surface area contributed by atoms with Crippen LogP contribution in [0.1, 0.15) is 5.56 Å². The van der Waals surface area contributed by atoms with E-state index in [1.54, 1.807) is 0 Å². The first-order valence-electron chi connectivity index (χ1n) is 12.3. The van der Waals surface area contributed by atoms with Crippen LogP contribution in [0.3, 0.4) is 0 Å². The highest BCUT2D eigenvalue weighted by Gasteiger charge is 2.35. The van der Waals surface area contributed by atoms with Crippen molar-refractivity contribution in [1.29, 1.82) is 0 Å². The zero-order chi connectivity index (χ0) is 23.8. The Kier molecular flexibility index (Phi) is 5.91. The van der Waals surface area contributed by atoms with Crippen molar-refractivity contribution in [2.75, 3.05) is 80.7 Å². The van der Waals surface area contributed by atoms with Crippen LogP contribution >= 0.6 is 0 Å². The molecule has 6 rings (SSSR count). The van der Waals surface area contributed by atoms with Gasteiger partial charge in [-0.15, -0.1) is 0 Å². The van der Waals surface area contributed by atoms with Crippen molar-refractivity contribution >= 4 is 28.9 Å². The Morgan fingerprint density at radius 2 is 1.89 bits per heavy atom. The van der Waals surface area contributed by atoms with Crippen LogP contribution in [0.15, 0.2) is 37.2 Å². The van der Waals surface area contributed by atoms with Gasteiger partial charge >= 0.3 is 0 Å². The van der Waals surface area contributed by atoms with Gasteiger partial charge in [-0.25, -0.2) is 9.97 Å². The Labute approximate surface area is 205 Å². The number of likely N-dealkylation sites (tertiary alicyclic amines) is 1. The molecule has 0 atom stereocenters. The van der Waals surface area contributed by atoms with Gasteiger partial charge in [0.2, 0.25) is 5.91 Å². The Morgan fingerprint density at radius 1 is 1.09 bits per heavy atom. The number of carbonyl (C=O) groups excluding carboxylic acids is 1. The highest BCUT2D eigenvalue weighted by molar-refractivity contribution is 5.87. The number of anilines is 4. The molecule has 0 aromatic carbocycles. The fourth-order valence-corrected chi connectivity index (χ4v) is 5.24. The second-order valence-corrected chi connectivity index (χ2v) is 9.33. The van der Waals surface area contributed by atoms with E-state index in [9.17, 15) is 4.79 Å². The summed E-state index contributed by atoms with van der Waals surface area (Å²) < 4.78 is 11.7. The van der Waals surface area contributed by atoms with Gasteiger partial charge < -0.3 is 29.5 Å². The first-order chi connectivity index (χ1) is 17.2. The molecule has 10 heteroatoms. The Hall–Kier alpha value is -3.37. The molecule has 2 aromatic heterocycles. The van der Waals surface area contributed by atoms with E-state index < -0.39 is 0 Å². The second kappa shape index (κ2) is 9.35. The van der Waals surface area contributed by atoms with E-state index in [-0.39, 0.29) is 5.91 Å². The molecular formula is C25H31N7O3. The lowest BCUT2D eigenvalue weighted by molar-refractivity contribution is -0.133. The number of amides is 1. The topological polar surface area (TPSA) is 86.3 Å². The van der Waals surface area contributed by atoms with Gasteiger partial charge in [0.25, 0.3) is 0 Å². The van der Waals surface area contributed by atoms with E-state index >= 15 is 0 Å². The van der Waals surface area contributed by atoms with Crippen molar-refractivity contribution in [3.8, 4) is 5.75 Å². The fourth-order valence-electron chi connectivity index (χ4n) is 5.24. The molecule has 0 aliphatic carbocycles. The molecule has 184 valence electrons. The SMILES string of the molecule is C=CC(=O)N1CC(N2CCN(c3cc4c(cn3)OCc3c(N5CCOCC5)ccnc3N4)CC2)C1. The maximum absolute atomic E-state index is 11.7. The number of rotatable bonds is 4. The van der Waals surface area contributed by atoms with Crippen LogP contribution in [0.2, 0.25) is 0 Å². The molecule has 35 heavy (non-hydrogen) atoms. The predicted octanol–water partition coefficient (Wildman–Crippen LogP) is 1.47. The summed E-state index contributed by atoms with van der Waals surface area (Å²) in [6.07, 6.45) is 5.06. The van der Waals surface area contributed by atoms with Crippen molar-refractivity contribution in [1.82, 2.24) is 19.8 Å². The predicted molar refractivity (Wildman–Crippen MR) is 133 cm³/mol. The second-order valence-electron chi connectivity index (χ2n) is 9.33. The summed E-state index contributed by atoms with van der Waals surface area (Å²) in [4.78, 5) is 30.0. The summed E-state index contributed by atoms with van der Waals surface area (Å²) in [5, 5.41) is 3.51. The average molecular weight is 478 g/mol. The maximum Gasteiger partial charge on any atom is 0.246 e. The van der Waals surface area contributed by atoms with E-state index in [1.807, 2.05) is 17.3 Å². The molecule has 2 aromatic rings. The summed E-state index contributed by atoms with van der Waals surface area (Å²) in [7, 11) is 0. The molecule has 6 heterocycles. The molecule has 3 saturated heterocycles. The lowest BCUT2D eigenvalue weighted by Crippen LogP contribution is -2.64. The first kappa shape index (κ1) is 22.1. The zero-order valence-corrected chi connectivity index (χ0v) is 19.9. The minimum Gasteiger partial charge on any atom is -0.485 e. The molecule has 4 aliphatic rings. The number of hydrogen-bond acceptors (Lipinski definition) is 9. The van der Waals surface area contributed by atoms with E-state index in [2.05, 4.69) is 43.7 Å². The van der Waals surface area contributed by atoms with Gasteiger partial charge in [-0.3, -0.25) is 9.69 Å². The third-order valence-corrected chi connectivity index (χ3v) is 7.36. The third-order valence-electron chi connectivity index (χ3n) is 7.36. The number of hydrogen-bond donors (Lipinski definition) is 1. The van der Waals surface area contributed by atoms with E-state index in [0.29, 0.717) is 12.6 Å². The van der Waals surface area contributed by atoms with E-state index in [1.165, 1.54) is 6.08 Å². The molecule has 1 amide bonds. The molecule has 1 N–H and O–H groups in total. The average Bonchev–Trinajstić information content (AvgIpc) is 3.07. The van der Waals surface area contributed by atoms with Crippen LogP contribution < -0.4 is 19.9 Å². The molecule has 0 radical (unpaired) electrons. The van der Waals surface area contributed by atoms with Crippen molar-refractivity contribution < 1.29 is 14.3 Å². The summed E-state index contributed by atoms with van der Waals surface area (Å²) in [5.41, 5.74) is 3.10. The van der Waals surface area contributed by atoms with Crippen LogP contribution in [0.25, 0.3) is 0 Å². The van der Waals surface area contributed by atoms with Crippen LogP contribution in [-0.2, 0) is 16.1 Å². The zero-order valence-electron chi connectivity index (χ0n) is 19.9. The van der Waals surface area contributed by atoms with Crippen molar-refractivity contribution in [2.24, 2.45) is 0 Å². The van der Waals surface area contributed by atoms with Crippen molar-refractivity contribution in [3.63, 3.8) is 0 Å². The first-order valence-corrected chi connectivity index (χ1v) is 12.3. The monoisotopic (exact) mass is 477 g/mol. The molecule has 0 unspecified atom stereocenters. The molecule has 0 bridgehead atoms. The van der Waals surface area contributed by atoms with Crippen LogP contribution in [0.4, 0.5) is 23.0 Å². The van der Waals surface area contributed by atoms with Crippen LogP contribution in [0.5, 0.6) is 5.75 Å². The molecule has 3 fully saturated rings. The fraction of sp³-hybridized carbons (Fsp3) is 0.480. The van der Waals surface area contributed by atoms with E-state index in [0.717, 1.165) is 99.9 Å². The number of nitrogens with one attached hydrogen (secondary N) is 1. The van der Waals surface area contributed by atoms with Gasteiger partial charge in [0.1, 0.15) is 18.2 Å². The number of morpholine rings is 1. The quantitative estimate of drug-likeness (QED) is 0.658. The van der Waals surface area contributed by atoms with Crippen molar-refractivity contribution in [2.45, 2.75) is 12.6 Å². The Morgan fingerprint density at radius 3 is 2.66 bits per heavy atom. The summed E-state index contributed by atoms with van der Waals surface area (Å²) in [6, 6.07) is 4.57. The number of aromatic nitrogens is 2. The van der Waals surface area contributed by atoms with Gasteiger partial charge in [0.05, 0.1) is 30.7 Å². The Balaban J connectivity index is 1.13. The lowest BCUT2D eigenvalue weighted by Gasteiger charge is -2.48. The van der Waals surface area contributed by atoms with E-state index in [4.69, 9.17) is 14.5 Å². The minimum absolute atomic E-state index is 0.0249. The number of ether oxygens (including phenoxy) is 2. The van der Waals surface area contributed by atoms with Crippen molar-refractivity contribution in [3.05, 3.63) is 42.7 Å². The number of carbonyl (C=O) groups is 1. The number of piperazine rings is 1. The van der Waals surface area contributed by atoms with Gasteiger partial charge in [-0.05, 0) is 12.1 Å². The third kappa shape index (κ3) is 4.28. The highest BCUT2D eigenvalue weighted by Crippen LogP contribution is 2.38. The van der Waals surface area contributed by atoms with Gasteiger partial charge in [-0.1, -0.05) is 6.58 Å². The molecular weight excluding hydrogens is 446 g/mol. The molecule has 0 saturated carbocycles. The summed E-state index contributed by atoms with van der Waals surface area (Å²) in [6.45, 7) is 12.5. The van der Waals surface area contributed by atoms with Crippen LogP contribution in [-0.4, -0.2) is 97.3 Å². The molecule has 0 spiro atoms. The number of nitrogens with zero attached hydrogens (tertiary/aromatic N) is 6. The standard InChI is InChI=1S/C25H31N7O3/c1-2-24(33)32-15-18(16-32)29-5-7-31(8-6-29)23-13-20-22(14-27-23)35-17-19-21(3-4-26-25(19)28-20)30-9-11-34-12-10-30/h2-4,13-14,18H,1,5-12,15-17H2,(H,26,28). The molecule has 10 nitrogen and oxygen atoms in total. The summed E-state index contributed by atoms with van der Waals surface area (Å²) in [5.74, 6) is 2.53. The van der Waals surface area contributed by atoms with Gasteiger partial charge in [0.15, 0.2) is 5.75 Å². The lowest BCUT2D eigenvalue weighted by atomic mass is 10.1. The number of fused-ring (bicyclic) bond motifs is 2. The molecule has 4 aliphatic heterocycles. The highest BCUT2D eigenvalue weighted by atomic mass is 16.5. The van der Waals surface area contributed by atoms with Gasteiger partial charge in [0, 0.05) is 76.4 Å². The smallest absolute Gasteiger partial charge is 0.246 e. The van der Waals surface area contributed by atoms with Gasteiger partial charge in [-0.2, -0.15) is 0 Å². The maximum atomic E-state index is 11.7. The normalized spacial score (nSPS) is 20.6. The minimum atomic E-state index is 0.0249.